The number of amides is 1. The number of rotatable bonds is 33. The van der Waals surface area contributed by atoms with Gasteiger partial charge in [0.15, 0.2) is 56.6 Å². The molecule has 9 aliphatic rings. The van der Waals surface area contributed by atoms with E-state index >= 15 is 0 Å². The van der Waals surface area contributed by atoms with E-state index in [0.717, 1.165) is 0 Å². The molecule has 0 bridgehead atoms. The third-order valence-corrected chi connectivity index (χ3v) is 20.2. The molecular formula is C68H135N7O50. The van der Waals surface area contributed by atoms with Crippen molar-refractivity contribution in [3.63, 3.8) is 0 Å². The summed E-state index contributed by atoms with van der Waals surface area (Å²) in [5.41, 5.74) is 31.7. The maximum Gasteiger partial charge on any atom is 0.217 e. The molecule has 2 unspecified atom stereocenters. The largest absolute Gasteiger partial charge is 0.394 e. The van der Waals surface area contributed by atoms with Gasteiger partial charge in [0, 0.05) is 46.2 Å². The summed E-state index contributed by atoms with van der Waals surface area (Å²) in [6.07, 6.45) is -60.4. The Morgan fingerprint density at radius 2 is 0.480 bits per heavy atom. The Hall–Kier alpha value is -2.73. The Morgan fingerprint density at radius 3 is 0.800 bits per heavy atom. The molecule has 0 radical (unpaired) electrons. The molecule has 0 aromatic heterocycles. The van der Waals surface area contributed by atoms with Gasteiger partial charge in [-0.1, -0.05) is 0 Å². The SMILES string of the molecule is CC(=O)N[C@H]1[C@H](OCCN)O[C@H](CO)[C@@H](O)[C@@H]1O.C[C@@H]1O[C@H](OCCN)[C@@H](O)[C@H](O)C1O.NCCO[C@H]1O[C@H](CO)[C@@H](O)[C@H](O)[C@@H]1O.NCCO[C@H]1O[C@H](CO)[C@@H](O)[C@H](O)[C@@H]1OC1O[C@H](CO)[C@@H](O)[C@H](O)[C@@H]1O.NCCO[C@H]1O[C@H](CO)[C@@H](O)[C@H](O)[C@H]1O.NCCO[C@H]1O[C@H](CO[C@H]2O[C@H](CO)[C@@H](O)[C@H](O)[C@@H]2O)[C@@H](O)[C@H](O[C@H]2O[C@H](CO)[C@@H](O)[C@H](O)[C@@H]2O)[C@@H]1O. The second kappa shape index (κ2) is 57.8. The highest BCUT2D eigenvalue weighted by molar-refractivity contribution is 5.73. The number of ether oxygens (including phenoxy) is 18. The van der Waals surface area contributed by atoms with E-state index in [9.17, 15) is 148 Å². The van der Waals surface area contributed by atoms with Crippen molar-refractivity contribution in [3.8, 4) is 0 Å². The van der Waals surface area contributed by atoms with E-state index in [0.29, 0.717) is 6.54 Å². The number of aliphatic hydroxyl groups excluding tert-OH is 31. The van der Waals surface area contributed by atoms with E-state index in [-0.39, 0.29) is 72.4 Å². The van der Waals surface area contributed by atoms with Crippen LogP contribution in [0.4, 0.5) is 0 Å². The summed E-state index contributed by atoms with van der Waals surface area (Å²) in [6.45, 7) is 0.107. The third-order valence-electron chi connectivity index (χ3n) is 20.2. The van der Waals surface area contributed by atoms with Gasteiger partial charge >= 0.3 is 0 Å². The average molecular weight is 1850 g/mol. The van der Waals surface area contributed by atoms with Gasteiger partial charge in [0.05, 0.1) is 98.6 Å². The van der Waals surface area contributed by atoms with Crippen molar-refractivity contribution >= 4 is 5.91 Å². The lowest BCUT2D eigenvalue weighted by Gasteiger charge is -2.46. The van der Waals surface area contributed by atoms with Crippen LogP contribution < -0.4 is 39.7 Å². The number of carbonyl (C=O) groups excluding carboxylic acids is 1. The van der Waals surface area contributed by atoms with E-state index in [2.05, 4.69) is 5.32 Å². The quantitative estimate of drug-likeness (QED) is 0.0290. The van der Waals surface area contributed by atoms with Gasteiger partial charge in [-0.2, -0.15) is 0 Å². The van der Waals surface area contributed by atoms with Crippen LogP contribution in [0.2, 0.25) is 0 Å². The molecule has 0 aromatic carbocycles. The molecule has 742 valence electrons. The second-order valence-corrected chi connectivity index (χ2v) is 29.3. The first-order chi connectivity index (χ1) is 59.2. The zero-order valence-electron chi connectivity index (χ0n) is 68.2. The molecule has 9 rings (SSSR count). The van der Waals surface area contributed by atoms with E-state index in [1.807, 2.05) is 0 Å². The second-order valence-electron chi connectivity index (χ2n) is 29.3. The number of nitrogens with one attached hydrogen (secondary N) is 1. The number of carbonyl (C=O) groups is 1. The predicted molar refractivity (Wildman–Crippen MR) is 401 cm³/mol. The van der Waals surface area contributed by atoms with Crippen molar-refractivity contribution in [1.82, 2.24) is 5.32 Å². The molecule has 0 saturated carbocycles. The van der Waals surface area contributed by atoms with Crippen LogP contribution >= 0.6 is 0 Å². The van der Waals surface area contributed by atoms with Gasteiger partial charge in [-0.25, -0.2) is 0 Å². The molecule has 57 nitrogen and oxygen atoms in total. The molecule has 0 aliphatic carbocycles. The molecule has 9 heterocycles. The van der Waals surface area contributed by atoms with Crippen LogP contribution in [0, 0.1) is 0 Å². The Labute approximate surface area is 714 Å². The maximum atomic E-state index is 11.0. The smallest absolute Gasteiger partial charge is 0.217 e. The van der Waals surface area contributed by atoms with Gasteiger partial charge < -0.3 is 283 Å². The van der Waals surface area contributed by atoms with Gasteiger partial charge in [-0.05, 0) is 6.92 Å². The van der Waals surface area contributed by atoms with E-state index < -0.39 is 335 Å². The van der Waals surface area contributed by atoms with Gasteiger partial charge in [-0.15, -0.1) is 0 Å². The molecule has 57 heteroatoms. The number of hydrogen-bond donors (Lipinski definition) is 38. The normalized spacial score (nSPS) is 44.6. The van der Waals surface area contributed by atoms with E-state index in [4.69, 9.17) is 135 Å². The highest BCUT2D eigenvalue weighted by Crippen LogP contribution is 2.35. The highest BCUT2D eigenvalue weighted by Gasteiger charge is 2.56. The fourth-order valence-electron chi connectivity index (χ4n) is 13.0. The molecule has 9 saturated heterocycles. The molecule has 0 aromatic rings. The maximum absolute atomic E-state index is 11.0. The summed E-state index contributed by atoms with van der Waals surface area (Å²) in [4.78, 5) is 11.0. The monoisotopic (exact) mass is 1850 g/mol. The minimum absolute atomic E-state index is 0.0141. The summed E-state index contributed by atoms with van der Waals surface area (Å²) in [5.74, 6) is -0.390. The Bertz CT molecular complexity index is 2800. The Morgan fingerprint density at radius 1 is 0.248 bits per heavy atom. The predicted octanol–water partition coefficient (Wildman–Crippen LogP) is -24.8. The van der Waals surface area contributed by atoms with Crippen LogP contribution in [-0.2, 0) is 90.1 Å². The summed E-state index contributed by atoms with van der Waals surface area (Å²) in [5, 5.41) is 302. The third kappa shape index (κ3) is 32.0. The fraction of sp³-hybridized carbons (Fsp3) is 0.985. The number of hydrogen-bond acceptors (Lipinski definition) is 56. The molecular weight excluding hydrogens is 1710 g/mol. The van der Waals surface area contributed by atoms with Crippen LogP contribution in [0.15, 0.2) is 0 Å². The first-order valence-electron chi connectivity index (χ1n) is 39.8. The van der Waals surface area contributed by atoms with Crippen LogP contribution in [-0.4, -0.2) is 572 Å². The number of aliphatic hydroxyl groups is 31. The van der Waals surface area contributed by atoms with Crippen LogP contribution in [0.5, 0.6) is 0 Å². The lowest BCUT2D eigenvalue weighted by Crippen LogP contribution is -2.65. The summed E-state index contributed by atoms with van der Waals surface area (Å²) in [7, 11) is 0. The average Bonchev–Trinajstić information content (AvgIpc) is 0.768. The highest BCUT2D eigenvalue weighted by atomic mass is 16.8. The molecule has 45 atom stereocenters. The van der Waals surface area contributed by atoms with Gasteiger partial charge in [0.2, 0.25) is 5.91 Å². The molecule has 44 N–H and O–H groups in total. The summed E-state index contributed by atoms with van der Waals surface area (Å²) >= 11 is 0. The van der Waals surface area contributed by atoms with Crippen LogP contribution in [0.1, 0.15) is 13.8 Å². The first-order valence-corrected chi connectivity index (χ1v) is 39.8. The Balaban J connectivity index is 0.000000328. The molecule has 0 spiro atoms. The fourth-order valence-corrected chi connectivity index (χ4v) is 13.0. The number of nitrogens with two attached hydrogens (primary N) is 6. The van der Waals surface area contributed by atoms with Crippen LogP contribution in [0.3, 0.4) is 0 Å². The molecule has 125 heavy (non-hydrogen) atoms. The Kier molecular flexibility index (Phi) is 52.9. The van der Waals surface area contributed by atoms with Gasteiger partial charge in [-0.3, -0.25) is 4.79 Å². The van der Waals surface area contributed by atoms with Gasteiger partial charge in [0.25, 0.3) is 0 Å². The van der Waals surface area contributed by atoms with Crippen molar-refractivity contribution in [2.75, 3.05) is 132 Å². The lowest BCUT2D eigenvalue weighted by atomic mass is 9.96. The van der Waals surface area contributed by atoms with Crippen molar-refractivity contribution in [3.05, 3.63) is 0 Å². The molecule has 9 aliphatic heterocycles. The molecule has 1 amide bonds. The van der Waals surface area contributed by atoms with Crippen molar-refractivity contribution in [1.29, 1.82) is 0 Å². The van der Waals surface area contributed by atoms with E-state index in [1.54, 1.807) is 6.92 Å². The molecule has 9 fully saturated rings. The van der Waals surface area contributed by atoms with Crippen molar-refractivity contribution < 1.29 is 248 Å². The van der Waals surface area contributed by atoms with Crippen molar-refractivity contribution in [2.24, 2.45) is 34.4 Å². The summed E-state index contributed by atoms with van der Waals surface area (Å²) < 4.78 is 94.6. The minimum Gasteiger partial charge on any atom is -0.394 e. The summed E-state index contributed by atoms with van der Waals surface area (Å²) in [6, 6.07) is -0.910. The van der Waals surface area contributed by atoms with E-state index in [1.165, 1.54) is 6.92 Å². The van der Waals surface area contributed by atoms with Gasteiger partial charge in [0.1, 0.15) is 214 Å². The van der Waals surface area contributed by atoms with Crippen molar-refractivity contribution in [2.45, 2.75) is 290 Å². The standard InChI is InChI=1S/C20H37NO16.C14H27NO11.C10H20N2O6.2C8H17NO6.C8H17NO5/c21-1-2-32-19-16(31)17(37-20-15(30)13(28)10(25)7(4-23)35-20)11(26)8(36-19)5-33-18-14(29)12(27)9(24)6(3-22)34-18;15-1-2-23-14-12(10(21)8(19)6(4-17)25-14)26-13-11(22)9(20)7(18)5(3-16)24-13;1-5(14)12-7-9(16)8(15)6(4-13)18-10(7)17-3-2-11;2*9-1-2-14-8-7(13)6(12)5(11)4(3-10)15-8;1-4-5(10)6(11)7(12)8(14-4)13-3-2-9/h6-20,22-31H,1-5,21H2;5-14,16-22H,1-4,15H2;6-10,13,15-16H,2-4,11H2,1H3,(H,12,14);2*4-8,10-13H,1-3,9H2;4-8,10-12H,2-3,9H2,1H3/t6-,7-,8-,9-,10-,11-,12+,13+,14+,15+,16+,17+,18+,19+,20-;5-,6-,7-,8-,9+,10+,11+,12+,13?,14+;6-,7-,8-,9-,10-;4-,5-,6+,7+,8+;4-,5-,6+,7-,8+;4-,5?,6+,7-,8-/m111110/s1. The first kappa shape index (κ1) is 115. The topological polar surface area (TPSA) is 978 Å². The minimum atomic E-state index is -1.83. The van der Waals surface area contributed by atoms with Crippen LogP contribution in [0.25, 0.3) is 0 Å². The zero-order chi connectivity index (χ0) is 94.1. The zero-order valence-corrected chi connectivity index (χ0v) is 68.2. The lowest BCUT2D eigenvalue weighted by molar-refractivity contribution is -0.367.